The SMILES string of the molecule is C[C@@H]1CCN(C(=O)[C@H]2CSC(=O)N2)[C@@H]1c1cccc(F)c1. The molecule has 3 atom stereocenters. The summed E-state index contributed by atoms with van der Waals surface area (Å²) in [5.74, 6) is 0.398. The molecule has 3 rings (SSSR count). The predicted molar refractivity (Wildman–Crippen MR) is 79.4 cm³/mol. The Balaban J connectivity index is 1.84. The number of thioether (sulfide) groups is 1. The van der Waals surface area contributed by atoms with Gasteiger partial charge in [-0.1, -0.05) is 30.8 Å². The first-order valence-corrected chi connectivity index (χ1v) is 8.04. The molecule has 2 fully saturated rings. The Morgan fingerprint density at radius 2 is 2.29 bits per heavy atom. The minimum absolute atomic E-state index is 0.0630. The number of likely N-dealkylation sites (tertiary alicyclic amines) is 1. The summed E-state index contributed by atoms with van der Waals surface area (Å²) in [5, 5.41) is 2.54. The molecule has 2 aliphatic heterocycles. The standard InChI is InChI=1S/C15H17FN2O2S/c1-9-5-6-18(14(19)12-8-21-15(20)17-12)13(9)10-3-2-4-11(16)7-10/h2-4,7,9,12-13H,5-6,8H2,1H3,(H,17,20)/t9-,12-,13+/m1/s1. The molecule has 2 saturated heterocycles. The highest BCUT2D eigenvalue weighted by Gasteiger charge is 2.40. The molecule has 21 heavy (non-hydrogen) atoms. The van der Waals surface area contributed by atoms with Crippen molar-refractivity contribution in [3.05, 3.63) is 35.6 Å². The summed E-state index contributed by atoms with van der Waals surface area (Å²) in [4.78, 5) is 25.7. The Morgan fingerprint density at radius 3 is 2.95 bits per heavy atom. The monoisotopic (exact) mass is 308 g/mol. The van der Waals surface area contributed by atoms with E-state index in [9.17, 15) is 14.0 Å². The molecule has 0 spiro atoms. The summed E-state index contributed by atoms with van der Waals surface area (Å²) >= 11 is 1.14. The molecule has 6 heteroatoms. The summed E-state index contributed by atoms with van der Waals surface area (Å²) in [7, 11) is 0. The van der Waals surface area contributed by atoms with Crippen molar-refractivity contribution in [1.82, 2.24) is 10.2 Å². The third kappa shape index (κ3) is 2.77. The van der Waals surface area contributed by atoms with Crippen molar-refractivity contribution < 1.29 is 14.0 Å². The van der Waals surface area contributed by atoms with Gasteiger partial charge in [-0.15, -0.1) is 0 Å². The van der Waals surface area contributed by atoms with Crippen molar-refractivity contribution in [2.24, 2.45) is 5.92 Å². The van der Waals surface area contributed by atoms with E-state index < -0.39 is 6.04 Å². The Morgan fingerprint density at radius 1 is 1.48 bits per heavy atom. The number of hydrogen-bond acceptors (Lipinski definition) is 3. The molecule has 112 valence electrons. The first-order valence-electron chi connectivity index (χ1n) is 7.05. The maximum Gasteiger partial charge on any atom is 0.279 e. The van der Waals surface area contributed by atoms with Crippen LogP contribution in [0.15, 0.2) is 24.3 Å². The maximum atomic E-state index is 13.5. The highest BCUT2D eigenvalue weighted by Crippen LogP contribution is 2.38. The molecule has 4 nitrogen and oxygen atoms in total. The van der Waals surface area contributed by atoms with E-state index in [1.54, 1.807) is 11.0 Å². The fourth-order valence-corrected chi connectivity index (χ4v) is 3.88. The topological polar surface area (TPSA) is 49.4 Å². The molecule has 1 aromatic rings. The molecular formula is C15H17FN2O2S. The molecule has 0 unspecified atom stereocenters. The summed E-state index contributed by atoms with van der Waals surface area (Å²) < 4.78 is 13.5. The van der Waals surface area contributed by atoms with Crippen LogP contribution in [-0.2, 0) is 4.79 Å². The van der Waals surface area contributed by atoms with Crippen LogP contribution in [0.1, 0.15) is 24.9 Å². The van der Waals surface area contributed by atoms with E-state index in [2.05, 4.69) is 12.2 Å². The lowest BCUT2D eigenvalue weighted by Crippen LogP contribution is -2.45. The van der Waals surface area contributed by atoms with Crippen LogP contribution in [0.3, 0.4) is 0 Å². The fourth-order valence-electron chi connectivity index (χ4n) is 3.11. The molecule has 0 aromatic heterocycles. The zero-order chi connectivity index (χ0) is 15.0. The quantitative estimate of drug-likeness (QED) is 0.913. The van der Waals surface area contributed by atoms with Crippen molar-refractivity contribution in [2.45, 2.75) is 25.4 Å². The number of carbonyl (C=O) groups is 2. The van der Waals surface area contributed by atoms with Crippen molar-refractivity contribution in [3.63, 3.8) is 0 Å². The highest BCUT2D eigenvalue weighted by atomic mass is 32.2. The molecule has 0 radical (unpaired) electrons. The van der Waals surface area contributed by atoms with Gasteiger partial charge in [0.15, 0.2) is 0 Å². The van der Waals surface area contributed by atoms with Crippen LogP contribution in [0, 0.1) is 11.7 Å². The first kappa shape index (κ1) is 14.4. The molecule has 2 heterocycles. The Hall–Kier alpha value is -1.56. The van der Waals surface area contributed by atoms with Crippen LogP contribution in [0.4, 0.5) is 9.18 Å². The molecule has 1 N–H and O–H groups in total. The number of carbonyl (C=O) groups excluding carboxylic acids is 2. The molecular weight excluding hydrogens is 291 g/mol. The van der Waals surface area contributed by atoms with Gasteiger partial charge in [-0.05, 0) is 30.0 Å². The average Bonchev–Trinajstić information content (AvgIpc) is 3.04. The highest BCUT2D eigenvalue weighted by molar-refractivity contribution is 8.14. The minimum atomic E-state index is -0.455. The van der Waals surface area contributed by atoms with Gasteiger partial charge in [-0.3, -0.25) is 9.59 Å². The number of nitrogens with zero attached hydrogens (tertiary/aromatic N) is 1. The normalized spacial score (nSPS) is 28.8. The number of rotatable bonds is 2. The second-order valence-corrected chi connectivity index (χ2v) is 6.59. The van der Waals surface area contributed by atoms with Gasteiger partial charge in [0.1, 0.15) is 11.9 Å². The fraction of sp³-hybridized carbons (Fsp3) is 0.467. The van der Waals surface area contributed by atoms with E-state index in [-0.39, 0.29) is 28.9 Å². The molecule has 2 aliphatic rings. The predicted octanol–water partition coefficient (Wildman–Crippen LogP) is 2.56. The Bertz CT molecular complexity index is 581. The van der Waals surface area contributed by atoms with Crippen molar-refractivity contribution in [3.8, 4) is 0 Å². The van der Waals surface area contributed by atoms with E-state index in [1.807, 2.05) is 6.07 Å². The van der Waals surface area contributed by atoms with Crippen LogP contribution in [0.25, 0.3) is 0 Å². The Kier molecular flexibility index (Phi) is 3.89. The first-order chi connectivity index (χ1) is 10.1. The number of nitrogens with one attached hydrogen (secondary N) is 1. The number of amides is 2. The lowest BCUT2D eigenvalue weighted by atomic mass is 9.95. The van der Waals surface area contributed by atoms with E-state index in [1.165, 1.54) is 12.1 Å². The molecule has 0 bridgehead atoms. The molecule has 1 aromatic carbocycles. The van der Waals surface area contributed by atoms with Gasteiger partial charge in [-0.2, -0.15) is 0 Å². The van der Waals surface area contributed by atoms with Crippen LogP contribution in [-0.4, -0.2) is 34.4 Å². The average molecular weight is 308 g/mol. The zero-order valence-corrected chi connectivity index (χ0v) is 12.5. The van der Waals surface area contributed by atoms with Crippen molar-refractivity contribution in [2.75, 3.05) is 12.3 Å². The van der Waals surface area contributed by atoms with Gasteiger partial charge in [-0.25, -0.2) is 4.39 Å². The van der Waals surface area contributed by atoms with E-state index in [0.717, 1.165) is 23.7 Å². The van der Waals surface area contributed by atoms with Crippen LogP contribution < -0.4 is 5.32 Å². The third-order valence-corrected chi connectivity index (χ3v) is 5.02. The smallest absolute Gasteiger partial charge is 0.279 e. The molecule has 0 aliphatic carbocycles. The third-order valence-electron chi connectivity index (χ3n) is 4.14. The summed E-state index contributed by atoms with van der Waals surface area (Å²) in [5.41, 5.74) is 0.824. The number of benzene rings is 1. The van der Waals surface area contributed by atoms with Gasteiger partial charge in [0.25, 0.3) is 5.24 Å². The zero-order valence-electron chi connectivity index (χ0n) is 11.7. The summed E-state index contributed by atoms with van der Waals surface area (Å²) in [6, 6.07) is 5.86. The largest absolute Gasteiger partial charge is 0.334 e. The van der Waals surface area contributed by atoms with Crippen LogP contribution >= 0.6 is 11.8 Å². The van der Waals surface area contributed by atoms with Crippen LogP contribution in [0.2, 0.25) is 0 Å². The Labute approximate surface area is 127 Å². The van der Waals surface area contributed by atoms with Gasteiger partial charge in [0.2, 0.25) is 5.91 Å². The van der Waals surface area contributed by atoms with Crippen molar-refractivity contribution in [1.29, 1.82) is 0 Å². The van der Waals surface area contributed by atoms with Gasteiger partial charge < -0.3 is 10.2 Å². The van der Waals surface area contributed by atoms with E-state index in [0.29, 0.717) is 12.3 Å². The maximum absolute atomic E-state index is 13.5. The summed E-state index contributed by atoms with van der Waals surface area (Å²) in [6.07, 6.45) is 0.890. The van der Waals surface area contributed by atoms with Crippen LogP contribution in [0.5, 0.6) is 0 Å². The lowest BCUT2D eigenvalue weighted by molar-refractivity contribution is -0.133. The number of halogens is 1. The second-order valence-electron chi connectivity index (χ2n) is 5.59. The molecule has 0 saturated carbocycles. The minimum Gasteiger partial charge on any atom is -0.334 e. The lowest BCUT2D eigenvalue weighted by Gasteiger charge is -2.29. The van der Waals surface area contributed by atoms with E-state index >= 15 is 0 Å². The molecule has 2 amide bonds. The van der Waals surface area contributed by atoms with Gasteiger partial charge in [0, 0.05) is 12.3 Å². The van der Waals surface area contributed by atoms with E-state index in [4.69, 9.17) is 0 Å². The van der Waals surface area contributed by atoms with Gasteiger partial charge in [0.05, 0.1) is 6.04 Å². The number of hydrogen-bond donors (Lipinski definition) is 1. The van der Waals surface area contributed by atoms with Gasteiger partial charge >= 0.3 is 0 Å². The van der Waals surface area contributed by atoms with Crippen molar-refractivity contribution >= 4 is 22.9 Å². The second kappa shape index (κ2) is 5.67. The summed E-state index contributed by atoms with van der Waals surface area (Å²) in [6.45, 7) is 2.73.